The minimum Gasteiger partial charge on any atom is -0.371 e. The van der Waals surface area contributed by atoms with E-state index in [-0.39, 0.29) is 11.6 Å². The Morgan fingerprint density at radius 1 is 1.27 bits per heavy atom. The van der Waals surface area contributed by atoms with Crippen LogP contribution >= 0.6 is 0 Å². The van der Waals surface area contributed by atoms with Crippen LogP contribution in [0.15, 0.2) is 6.07 Å². The highest BCUT2D eigenvalue weighted by Crippen LogP contribution is 2.24. The van der Waals surface area contributed by atoms with Crippen molar-refractivity contribution in [1.82, 2.24) is 4.98 Å². The molecule has 82 valence electrons. The standard InChI is InChI=1S/C10H13F2N3/c1-13-9-7(11)6-8(12)10(14-9)15-4-2-3-5-15/h6H,2-5H2,1H3,(H,13,14). The van der Waals surface area contributed by atoms with E-state index < -0.39 is 11.6 Å². The highest BCUT2D eigenvalue weighted by atomic mass is 19.1. The Labute approximate surface area is 87.1 Å². The molecule has 1 aromatic heterocycles. The highest BCUT2D eigenvalue weighted by Gasteiger charge is 2.19. The molecule has 0 radical (unpaired) electrons. The van der Waals surface area contributed by atoms with E-state index in [2.05, 4.69) is 10.3 Å². The fraction of sp³-hybridized carbons (Fsp3) is 0.500. The van der Waals surface area contributed by atoms with Gasteiger partial charge in [-0.05, 0) is 12.8 Å². The van der Waals surface area contributed by atoms with Crippen LogP contribution in [-0.2, 0) is 0 Å². The third-order valence-corrected chi connectivity index (χ3v) is 2.55. The highest BCUT2D eigenvalue weighted by molar-refractivity contribution is 5.49. The summed E-state index contributed by atoms with van der Waals surface area (Å²) in [6.07, 6.45) is 2.07. The monoisotopic (exact) mass is 213 g/mol. The number of rotatable bonds is 2. The van der Waals surface area contributed by atoms with Gasteiger partial charge in [0.15, 0.2) is 23.3 Å². The van der Waals surface area contributed by atoms with Crippen LogP contribution < -0.4 is 10.2 Å². The third-order valence-electron chi connectivity index (χ3n) is 2.55. The Balaban J connectivity index is 2.37. The van der Waals surface area contributed by atoms with E-state index in [9.17, 15) is 8.78 Å². The zero-order valence-electron chi connectivity index (χ0n) is 8.56. The van der Waals surface area contributed by atoms with Gasteiger partial charge in [0.2, 0.25) is 0 Å². The third kappa shape index (κ3) is 1.86. The topological polar surface area (TPSA) is 28.2 Å². The minimum atomic E-state index is -0.655. The second kappa shape index (κ2) is 4.00. The average molecular weight is 213 g/mol. The number of halogens is 2. The first kappa shape index (κ1) is 10.1. The van der Waals surface area contributed by atoms with Crippen molar-refractivity contribution in [2.75, 3.05) is 30.4 Å². The summed E-state index contributed by atoms with van der Waals surface area (Å²) in [5.41, 5.74) is 0. The number of nitrogens with one attached hydrogen (secondary N) is 1. The summed E-state index contributed by atoms with van der Waals surface area (Å²) in [5, 5.41) is 2.61. The van der Waals surface area contributed by atoms with Gasteiger partial charge in [-0.2, -0.15) is 0 Å². The molecule has 1 aliphatic rings. The molecule has 0 saturated carbocycles. The lowest BCUT2D eigenvalue weighted by atomic mass is 10.3. The Bertz CT molecular complexity index is 362. The molecule has 1 fully saturated rings. The first-order valence-corrected chi connectivity index (χ1v) is 5.01. The van der Waals surface area contributed by atoms with Crippen molar-refractivity contribution in [3.05, 3.63) is 17.7 Å². The van der Waals surface area contributed by atoms with Crippen molar-refractivity contribution in [3.63, 3.8) is 0 Å². The zero-order valence-corrected chi connectivity index (χ0v) is 8.56. The Morgan fingerprint density at radius 3 is 2.53 bits per heavy atom. The van der Waals surface area contributed by atoms with E-state index in [1.165, 1.54) is 0 Å². The number of anilines is 2. The number of aromatic nitrogens is 1. The minimum absolute atomic E-state index is 0.0956. The first-order chi connectivity index (χ1) is 7.22. The number of pyridine rings is 1. The van der Waals surface area contributed by atoms with Crippen LogP contribution in [0.4, 0.5) is 20.4 Å². The molecule has 0 spiro atoms. The maximum absolute atomic E-state index is 13.4. The fourth-order valence-corrected chi connectivity index (χ4v) is 1.78. The summed E-state index contributed by atoms with van der Waals surface area (Å²) in [6, 6.07) is 0.881. The van der Waals surface area contributed by atoms with Crippen LogP contribution in [0.25, 0.3) is 0 Å². The van der Waals surface area contributed by atoms with Gasteiger partial charge in [0, 0.05) is 26.2 Å². The first-order valence-electron chi connectivity index (χ1n) is 5.01. The van der Waals surface area contributed by atoms with Crippen LogP contribution in [0, 0.1) is 11.6 Å². The lowest BCUT2D eigenvalue weighted by Crippen LogP contribution is -2.21. The Hall–Kier alpha value is -1.39. The van der Waals surface area contributed by atoms with Gasteiger partial charge in [-0.15, -0.1) is 0 Å². The van der Waals surface area contributed by atoms with Crippen LogP contribution in [0.3, 0.4) is 0 Å². The smallest absolute Gasteiger partial charge is 0.168 e. The zero-order chi connectivity index (χ0) is 10.8. The van der Waals surface area contributed by atoms with Crippen molar-refractivity contribution in [2.24, 2.45) is 0 Å². The SMILES string of the molecule is CNc1nc(N2CCCC2)c(F)cc1F. The van der Waals surface area contributed by atoms with Gasteiger partial charge < -0.3 is 10.2 Å². The molecular weight excluding hydrogens is 200 g/mol. The van der Waals surface area contributed by atoms with Gasteiger partial charge in [-0.3, -0.25) is 0 Å². The maximum Gasteiger partial charge on any atom is 0.168 e. The van der Waals surface area contributed by atoms with E-state index in [0.717, 1.165) is 32.0 Å². The molecule has 0 amide bonds. The predicted octanol–water partition coefficient (Wildman–Crippen LogP) is 2.00. The molecule has 0 atom stereocenters. The van der Waals surface area contributed by atoms with E-state index in [1.54, 1.807) is 7.05 Å². The molecule has 15 heavy (non-hydrogen) atoms. The predicted molar refractivity (Wildman–Crippen MR) is 55.1 cm³/mol. The molecular formula is C10H13F2N3. The van der Waals surface area contributed by atoms with E-state index in [1.807, 2.05) is 4.90 Å². The summed E-state index contributed by atoms with van der Waals surface area (Å²) < 4.78 is 26.6. The second-order valence-corrected chi connectivity index (χ2v) is 3.57. The normalized spacial score (nSPS) is 15.8. The molecule has 0 aromatic carbocycles. The summed E-state index contributed by atoms with van der Waals surface area (Å²) in [7, 11) is 1.57. The fourth-order valence-electron chi connectivity index (χ4n) is 1.78. The van der Waals surface area contributed by atoms with E-state index in [4.69, 9.17) is 0 Å². The van der Waals surface area contributed by atoms with E-state index in [0.29, 0.717) is 0 Å². The van der Waals surface area contributed by atoms with Crippen LogP contribution in [-0.4, -0.2) is 25.1 Å². The summed E-state index contributed by atoms with van der Waals surface area (Å²) in [4.78, 5) is 5.78. The van der Waals surface area contributed by atoms with Crippen LogP contribution in [0.1, 0.15) is 12.8 Å². The Morgan fingerprint density at radius 2 is 1.93 bits per heavy atom. The average Bonchev–Trinajstić information content (AvgIpc) is 2.71. The largest absolute Gasteiger partial charge is 0.371 e. The van der Waals surface area contributed by atoms with Gasteiger partial charge in [-0.25, -0.2) is 13.8 Å². The molecule has 0 aliphatic carbocycles. The lowest BCUT2D eigenvalue weighted by molar-refractivity contribution is 0.573. The van der Waals surface area contributed by atoms with Crippen molar-refractivity contribution in [2.45, 2.75) is 12.8 Å². The van der Waals surface area contributed by atoms with Crippen LogP contribution in [0.2, 0.25) is 0 Å². The van der Waals surface area contributed by atoms with Crippen molar-refractivity contribution >= 4 is 11.6 Å². The van der Waals surface area contributed by atoms with Gasteiger partial charge in [-0.1, -0.05) is 0 Å². The van der Waals surface area contributed by atoms with Gasteiger partial charge in [0.05, 0.1) is 0 Å². The van der Waals surface area contributed by atoms with Crippen molar-refractivity contribution in [3.8, 4) is 0 Å². The molecule has 3 nitrogen and oxygen atoms in total. The van der Waals surface area contributed by atoms with Crippen LogP contribution in [0.5, 0.6) is 0 Å². The molecule has 1 aliphatic heterocycles. The maximum atomic E-state index is 13.4. The summed E-state index contributed by atoms with van der Waals surface area (Å²) >= 11 is 0. The quantitative estimate of drug-likeness (QED) is 0.814. The van der Waals surface area contributed by atoms with Gasteiger partial charge in [0.25, 0.3) is 0 Å². The number of hydrogen-bond acceptors (Lipinski definition) is 3. The number of nitrogens with zero attached hydrogens (tertiary/aromatic N) is 2. The van der Waals surface area contributed by atoms with Crippen molar-refractivity contribution < 1.29 is 8.78 Å². The number of hydrogen-bond donors (Lipinski definition) is 1. The molecule has 1 N–H and O–H groups in total. The van der Waals surface area contributed by atoms with E-state index >= 15 is 0 Å². The molecule has 0 unspecified atom stereocenters. The molecule has 2 heterocycles. The Kier molecular flexibility index (Phi) is 2.70. The molecule has 1 saturated heterocycles. The van der Waals surface area contributed by atoms with Crippen molar-refractivity contribution in [1.29, 1.82) is 0 Å². The molecule has 1 aromatic rings. The summed E-state index contributed by atoms with van der Waals surface area (Å²) in [5.74, 6) is -0.900. The van der Waals surface area contributed by atoms with Gasteiger partial charge >= 0.3 is 0 Å². The molecule has 0 bridgehead atoms. The second-order valence-electron chi connectivity index (χ2n) is 3.57. The van der Waals surface area contributed by atoms with Gasteiger partial charge in [0.1, 0.15) is 0 Å². The summed E-state index contributed by atoms with van der Waals surface area (Å²) in [6.45, 7) is 1.58. The molecule has 2 rings (SSSR count). The lowest BCUT2D eigenvalue weighted by Gasteiger charge is -2.17. The molecule has 5 heteroatoms.